The molecule has 0 fully saturated rings. The molecular formula is C60H42N4. The van der Waals surface area contributed by atoms with Crippen molar-refractivity contribution in [2.24, 2.45) is 0 Å². The van der Waals surface area contributed by atoms with E-state index in [9.17, 15) is 0 Å². The van der Waals surface area contributed by atoms with Crippen molar-refractivity contribution in [2.75, 3.05) is 4.90 Å². The van der Waals surface area contributed by atoms with Crippen LogP contribution in [-0.4, -0.2) is 14.8 Å². The van der Waals surface area contributed by atoms with Crippen LogP contribution in [0.4, 0.5) is 17.1 Å². The molecule has 0 bridgehead atoms. The summed E-state index contributed by atoms with van der Waals surface area (Å²) >= 11 is 0. The highest BCUT2D eigenvalue weighted by atomic mass is 15.3. The largest absolute Gasteiger partial charge is 0.311 e. The lowest BCUT2D eigenvalue weighted by atomic mass is 9.89. The minimum Gasteiger partial charge on any atom is -0.311 e. The Hall–Kier alpha value is -8.60. The summed E-state index contributed by atoms with van der Waals surface area (Å²) in [6.07, 6.45) is 0. The predicted molar refractivity (Wildman–Crippen MR) is 266 cm³/mol. The third-order valence-corrected chi connectivity index (χ3v) is 12.0. The first-order chi connectivity index (χ1) is 31.8. The van der Waals surface area contributed by atoms with E-state index in [2.05, 4.69) is 233 Å². The van der Waals surface area contributed by atoms with E-state index < -0.39 is 0 Å². The maximum absolute atomic E-state index is 4.74. The summed E-state index contributed by atoms with van der Waals surface area (Å²) in [6.45, 7) is 0. The van der Waals surface area contributed by atoms with Crippen LogP contribution in [0.15, 0.2) is 255 Å². The average Bonchev–Trinajstić information content (AvgIpc) is 3.83. The Morgan fingerprint density at radius 3 is 1.22 bits per heavy atom. The normalized spacial score (nSPS) is 11.1. The van der Waals surface area contributed by atoms with Gasteiger partial charge in [0, 0.05) is 33.9 Å². The van der Waals surface area contributed by atoms with Gasteiger partial charge in [-0.25, -0.2) is 0 Å². The monoisotopic (exact) mass is 818 g/mol. The van der Waals surface area contributed by atoms with Gasteiger partial charge >= 0.3 is 0 Å². The number of fused-ring (bicyclic) bond motifs is 1. The van der Waals surface area contributed by atoms with Crippen molar-refractivity contribution < 1.29 is 0 Å². The summed E-state index contributed by atoms with van der Waals surface area (Å²) in [4.78, 5) is 2.33. The first-order valence-electron chi connectivity index (χ1n) is 21.7. The zero-order valence-corrected chi connectivity index (χ0v) is 35.0. The molecule has 1 aromatic heterocycles. The highest BCUT2D eigenvalue weighted by Crippen LogP contribution is 2.41. The lowest BCUT2D eigenvalue weighted by molar-refractivity contribution is 1.07. The van der Waals surface area contributed by atoms with Gasteiger partial charge in [0.25, 0.3) is 0 Å². The standard InChI is InChI=1S/C60H42N4/c1-4-18-47(19-5-1)59-61-62-60(64(59)50-23-8-3-9-24-50)48-33-31-44(32-34-48)55-26-12-14-28-57(55)58-29-15-13-27-56(58)46-37-41-52(42-38-46)63(49-21-6-2-7-22-49)51-39-35-45(36-40-51)54-30-16-20-43-17-10-11-25-53(43)54/h1-42H. The fourth-order valence-corrected chi connectivity index (χ4v) is 8.89. The molecule has 0 aliphatic rings. The van der Waals surface area contributed by atoms with Gasteiger partial charge in [-0.3, -0.25) is 4.57 Å². The maximum Gasteiger partial charge on any atom is 0.168 e. The Balaban J connectivity index is 0.917. The van der Waals surface area contributed by atoms with Crippen molar-refractivity contribution in [3.05, 3.63) is 255 Å². The second-order valence-corrected chi connectivity index (χ2v) is 15.8. The summed E-state index contributed by atoms with van der Waals surface area (Å²) in [5.74, 6) is 1.60. The SMILES string of the molecule is c1ccc(-c2nnc(-c3ccc(-c4ccccc4-c4ccccc4-c4ccc(N(c5ccccc5)c5ccc(-c6cccc7ccccc67)cc5)cc4)cc3)n2-c2ccccc2)cc1. The molecule has 10 aromatic carbocycles. The number of anilines is 3. The molecule has 0 aliphatic carbocycles. The topological polar surface area (TPSA) is 34.0 Å². The van der Waals surface area contributed by atoms with Crippen LogP contribution in [0.3, 0.4) is 0 Å². The Morgan fingerprint density at radius 2 is 0.641 bits per heavy atom. The minimum atomic E-state index is 0.794. The maximum atomic E-state index is 4.74. The van der Waals surface area contributed by atoms with Crippen molar-refractivity contribution in [1.29, 1.82) is 0 Å². The van der Waals surface area contributed by atoms with E-state index in [0.29, 0.717) is 0 Å². The van der Waals surface area contributed by atoms with Gasteiger partial charge in [0.05, 0.1) is 0 Å². The number of hydrogen-bond donors (Lipinski definition) is 0. The Labute approximate surface area is 373 Å². The summed E-state index contributed by atoms with van der Waals surface area (Å²) in [5, 5.41) is 11.9. The van der Waals surface area contributed by atoms with Gasteiger partial charge in [0.15, 0.2) is 11.6 Å². The summed E-state index contributed by atoms with van der Waals surface area (Å²) in [5.41, 5.74) is 15.7. The molecule has 64 heavy (non-hydrogen) atoms. The Morgan fingerprint density at radius 1 is 0.266 bits per heavy atom. The van der Waals surface area contributed by atoms with Crippen LogP contribution >= 0.6 is 0 Å². The predicted octanol–water partition coefficient (Wildman–Crippen LogP) is 15.9. The van der Waals surface area contributed by atoms with Crippen LogP contribution in [0.1, 0.15) is 0 Å². The first-order valence-corrected chi connectivity index (χ1v) is 21.7. The number of aromatic nitrogens is 3. The number of rotatable bonds is 10. The van der Waals surface area contributed by atoms with Crippen LogP contribution in [0.5, 0.6) is 0 Å². The number of hydrogen-bond acceptors (Lipinski definition) is 3. The fourth-order valence-electron chi connectivity index (χ4n) is 8.89. The highest BCUT2D eigenvalue weighted by Gasteiger charge is 2.19. The molecule has 0 saturated heterocycles. The Kier molecular flexibility index (Phi) is 10.2. The van der Waals surface area contributed by atoms with Crippen LogP contribution in [0, 0.1) is 0 Å². The fraction of sp³-hybridized carbons (Fsp3) is 0. The second kappa shape index (κ2) is 17.0. The van der Waals surface area contributed by atoms with Gasteiger partial charge < -0.3 is 4.90 Å². The lowest BCUT2D eigenvalue weighted by Crippen LogP contribution is -2.09. The van der Waals surface area contributed by atoms with Crippen molar-refractivity contribution in [1.82, 2.24) is 14.8 Å². The molecule has 0 amide bonds. The summed E-state index contributed by atoms with van der Waals surface area (Å²) < 4.78 is 2.14. The van der Waals surface area contributed by atoms with E-state index >= 15 is 0 Å². The highest BCUT2D eigenvalue weighted by molar-refractivity contribution is 5.97. The molecule has 0 spiro atoms. The number of benzene rings is 10. The molecule has 0 unspecified atom stereocenters. The smallest absolute Gasteiger partial charge is 0.168 e. The number of para-hydroxylation sites is 2. The molecule has 0 aliphatic heterocycles. The van der Waals surface area contributed by atoms with Crippen LogP contribution < -0.4 is 4.90 Å². The molecule has 0 N–H and O–H groups in total. The third kappa shape index (κ3) is 7.33. The van der Waals surface area contributed by atoms with E-state index in [1.807, 2.05) is 36.4 Å². The van der Waals surface area contributed by atoms with Gasteiger partial charge in [-0.2, -0.15) is 0 Å². The molecule has 11 aromatic rings. The van der Waals surface area contributed by atoms with E-state index in [1.165, 1.54) is 38.6 Å². The molecule has 4 heteroatoms. The van der Waals surface area contributed by atoms with Gasteiger partial charge in [0.1, 0.15) is 0 Å². The van der Waals surface area contributed by atoms with Crippen molar-refractivity contribution in [3.63, 3.8) is 0 Å². The van der Waals surface area contributed by atoms with E-state index in [0.717, 1.165) is 62.2 Å². The first kappa shape index (κ1) is 38.3. The van der Waals surface area contributed by atoms with Gasteiger partial charge in [-0.05, 0) is 104 Å². The van der Waals surface area contributed by atoms with E-state index in [4.69, 9.17) is 5.10 Å². The van der Waals surface area contributed by atoms with Crippen LogP contribution in [-0.2, 0) is 0 Å². The van der Waals surface area contributed by atoms with E-state index in [1.54, 1.807) is 0 Å². The van der Waals surface area contributed by atoms with Gasteiger partial charge in [0.2, 0.25) is 0 Å². The molecule has 0 atom stereocenters. The summed E-state index contributed by atoms with van der Waals surface area (Å²) in [6, 6.07) is 90.3. The quantitative estimate of drug-likeness (QED) is 0.138. The zero-order chi connectivity index (χ0) is 42.7. The third-order valence-electron chi connectivity index (χ3n) is 12.0. The molecule has 1 heterocycles. The zero-order valence-electron chi connectivity index (χ0n) is 35.0. The minimum absolute atomic E-state index is 0.794. The molecule has 302 valence electrons. The molecule has 0 saturated carbocycles. The molecule has 11 rings (SSSR count). The molecular weight excluding hydrogens is 777 g/mol. The number of nitrogens with zero attached hydrogens (tertiary/aromatic N) is 4. The van der Waals surface area contributed by atoms with E-state index in [-0.39, 0.29) is 0 Å². The second-order valence-electron chi connectivity index (χ2n) is 15.8. The van der Waals surface area contributed by atoms with Gasteiger partial charge in [-0.1, -0.05) is 206 Å². The van der Waals surface area contributed by atoms with Crippen molar-refractivity contribution in [3.8, 4) is 73.0 Å². The molecule has 0 radical (unpaired) electrons. The molecule has 4 nitrogen and oxygen atoms in total. The lowest BCUT2D eigenvalue weighted by Gasteiger charge is -2.26. The van der Waals surface area contributed by atoms with Crippen LogP contribution in [0.25, 0.3) is 83.7 Å². The summed E-state index contributed by atoms with van der Waals surface area (Å²) in [7, 11) is 0. The Bertz CT molecular complexity index is 3340. The van der Waals surface area contributed by atoms with Crippen molar-refractivity contribution >= 4 is 27.8 Å². The average molecular weight is 819 g/mol. The van der Waals surface area contributed by atoms with Crippen LogP contribution in [0.2, 0.25) is 0 Å². The van der Waals surface area contributed by atoms with Crippen molar-refractivity contribution in [2.45, 2.75) is 0 Å². The van der Waals surface area contributed by atoms with Gasteiger partial charge in [-0.15, -0.1) is 10.2 Å².